The van der Waals surface area contributed by atoms with Gasteiger partial charge in [0.15, 0.2) is 0 Å². The molecule has 24 heavy (non-hydrogen) atoms. The molecule has 5 heteroatoms. The second-order valence-corrected chi connectivity index (χ2v) is 6.60. The van der Waals surface area contributed by atoms with Crippen molar-refractivity contribution >= 4 is 11.8 Å². The Balaban J connectivity index is 1.57. The molecule has 1 N–H and O–H groups in total. The van der Waals surface area contributed by atoms with Crippen LogP contribution < -0.4 is 10.1 Å². The number of carbonyl (C=O) groups is 2. The van der Waals surface area contributed by atoms with Crippen molar-refractivity contribution in [2.75, 3.05) is 19.7 Å². The van der Waals surface area contributed by atoms with Gasteiger partial charge in [0.25, 0.3) is 5.91 Å². The SMILES string of the molecule is CCOc1ccccc1C(=O)NCC(=O)N1CC[C@H]2CCCC[C@@H]21. The van der Waals surface area contributed by atoms with Crippen LogP contribution in [-0.4, -0.2) is 42.5 Å². The standard InChI is InChI=1S/C19H26N2O3/c1-2-24-17-10-6-4-8-15(17)19(23)20-13-18(22)21-12-11-14-7-3-5-9-16(14)21/h4,6,8,10,14,16H,2-3,5,7,9,11-13H2,1H3,(H,20,23)/t14-,16+/m1/s1. The van der Waals surface area contributed by atoms with Crippen LogP contribution in [0.5, 0.6) is 5.75 Å². The van der Waals surface area contributed by atoms with Gasteiger partial charge in [0.1, 0.15) is 5.75 Å². The van der Waals surface area contributed by atoms with Gasteiger partial charge in [0, 0.05) is 12.6 Å². The van der Waals surface area contributed by atoms with Crippen molar-refractivity contribution in [3.8, 4) is 5.75 Å². The number of rotatable bonds is 5. The van der Waals surface area contributed by atoms with E-state index in [1.54, 1.807) is 18.2 Å². The minimum Gasteiger partial charge on any atom is -0.493 e. The van der Waals surface area contributed by atoms with Crippen LogP contribution in [0.3, 0.4) is 0 Å². The molecule has 3 rings (SSSR count). The van der Waals surface area contributed by atoms with E-state index in [0.29, 0.717) is 29.9 Å². The van der Waals surface area contributed by atoms with Crippen molar-refractivity contribution in [2.45, 2.75) is 45.1 Å². The Morgan fingerprint density at radius 1 is 1.21 bits per heavy atom. The Kier molecular flexibility index (Phi) is 5.38. The summed E-state index contributed by atoms with van der Waals surface area (Å²) >= 11 is 0. The molecule has 2 atom stereocenters. The van der Waals surface area contributed by atoms with E-state index in [0.717, 1.165) is 19.4 Å². The maximum Gasteiger partial charge on any atom is 0.255 e. The molecule has 0 aromatic heterocycles. The van der Waals surface area contributed by atoms with E-state index in [2.05, 4.69) is 5.32 Å². The number of nitrogens with zero attached hydrogens (tertiary/aromatic N) is 1. The minimum absolute atomic E-state index is 0.0339. The van der Waals surface area contributed by atoms with E-state index in [9.17, 15) is 9.59 Å². The number of fused-ring (bicyclic) bond motifs is 1. The summed E-state index contributed by atoms with van der Waals surface area (Å²) in [6.07, 6.45) is 5.95. The average molecular weight is 330 g/mol. The molecule has 1 aliphatic heterocycles. The lowest BCUT2D eigenvalue weighted by atomic mass is 9.85. The van der Waals surface area contributed by atoms with Crippen LogP contribution in [0.2, 0.25) is 0 Å². The molecular formula is C19H26N2O3. The van der Waals surface area contributed by atoms with Gasteiger partial charge < -0.3 is 15.0 Å². The lowest BCUT2D eigenvalue weighted by molar-refractivity contribution is -0.131. The van der Waals surface area contributed by atoms with Gasteiger partial charge in [-0.05, 0) is 44.2 Å². The van der Waals surface area contributed by atoms with E-state index in [1.165, 1.54) is 19.3 Å². The number of amides is 2. The van der Waals surface area contributed by atoms with Crippen LogP contribution in [0.1, 0.15) is 49.4 Å². The van der Waals surface area contributed by atoms with Crippen molar-refractivity contribution in [2.24, 2.45) is 5.92 Å². The summed E-state index contributed by atoms with van der Waals surface area (Å²) in [6.45, 7) is 3.27. The molecule has 0 unspecified atom stereocenters. The normalized spacial score (nSPS) is 22.8. The van der Waals surface area contributed by atoms with Crippen molar-refractivity contribution in [1.82, 2.24) is 10.2 Å². The van der Waals surface area contributed by atoms with Crippen LogP contribution >= 0.6 is 0 Å². The first-order valence-electron chi connectivity index (χ1n) is 9.00. The van der Waals surface area contributed by atoms with Gasteiger partial charge in [-0.25, -0.2) is 0 Å². The average Bonchev–Trinajstić information content (AvgIpc) is 3.04. The Bertz CT molecular complexity index is 602. The first-order valence-corrected chi connectivity index (χ1v) is 9.00. The minimum atomic E-state index is -0.258. The second-order valence-electron chi connectivity index (χ2n) is 6.60. The summed E-state index contributed by atoms with van der Waals surface area (Å²) in [4.78, 5) is 26.9. The van der Waals surface area contributed by atoms with Crippen molar-refractivity contribution in [3.63, 3.8) is 0 Å². The zero-order valence-corrected chi connectivity index (χ0v) is 14.3. The molecule has 1 aliphatic carbocycles. The van der Waals surface area contributed by atoms with Gasteiger partial charge in [0.2, 0.25) is 5.91 Å². The molecule has 1 saturated heterocycles. The van der Waals surface area contributed by atoms with Crippen LogP contribution in [0.15, 0.2) is 24.3 Å². The Labute approximate surface area is 143 Å². The fourth-order valence-electron chi connectivity index (χ4n) is 4.00. The number of benzene rings is 1. The summed E-state index contributed by atoms with van der Waals surface area (Å²) in [7, 11) is 0. The molecule has 2 amide bonds. The lowest BCUT2D eigenvalue weighted by Crippen LogP contribution is -2.44. The molecule has 1 heterocycles. The van der Waals surface area contributed by atoms with E-state index in [-0.39, 0.29) is 18.4 Å². The van der Waals surface area contributed by atoms with Gasteiger partial charge in [0.05, 0.1) is 18.7 Å². The van der Waals surface area contributed by atoms with Crippen molar-refractivity contribution in [3.05, 3.63) is 29.8 Å². The Hall–Kier alpha value is -2.04. The summed E-state index contributed by atoms with van der Waals surface area (Å²) in [5.74, 6) is 0.994. The fourth-order valence-corrected chi connectivity index (χ4v) is 4.00. The number of carbonyl (C=O) groups excluding carboxylic acids is 2. The van der Waals surface area contributed by atoms with E-state index in [4.69, 9.17) is 4.74 Å². The molecule has 2 fully saturated rings. The molecule has 1 aromatic rings. The molecule has 130 valence electrons. The third-order valence-electron chi connectivity index (χ3n) is 5.16. The van der Waals surface area contributed by atoms with Crippen molar-refractivity contribution in [1.29, 1.82) is 0 Å². The highest BCUT2D eigenvalue weighted by molar-refractivity contribution is 5.98. The van der Waals surface area contributed by atoms with Crippen LogP contribution in [0.25, 0.3) is 0 Å². The molecule has 0 radical (unpaired) electrons. The molecule has 2 aliphatic rings. The maximum absolute atomic E-state index is 12.5. The molecule has 0 spiro atoms. The largest absolute Gasteiger partial charge is 0.493 e. The van der Waals surface area contributed by atoms with Crippen LogP contribution in [0.4, 0.5) is 0 Å². The maximum atomic E-state index is 12.5. The van der Waals surface area contributed by atoms with Gasteiger partial charge in [-0.1, -0.05) is 25.0 Å². The van der Waals surface area contributed by atoms with Crippen LogP contribution in [-0.2, 0) is 4.79 Å². The molecule has 1 saturated carbocycles. The van der Waals surface area contributed by atoms with Gasteiger partial charge >= 0.3 is 0 Å². The number of hydrogen-bond donors (Lipinski definition) is 1. The van der Waals surface area contributed by atoms with Crippen LogP contribution in [0, 0.1) is 5.92 Å². The highest BCUT2D eigenvalue weighted by Crippen LogP contribution is 2.36. The Morgan fingerprint density at radius 3 is 2.83 bits per heavy atom. The first kappa shape index (κ1) is 16.8. The second kappa shape index (κ2) is 7.69. The number of hydrogen-bond acceptors (Lipinski definition) is 3. The molecule has 5 nitrogen and oxygen atoms in total. The fraction of sp³-hybridized carbons (Fsp3) is 0.579. The Morgan fingerprint density at radius 2 is 2.00 bits per heavy atom. The summed E-state index contributed by atoms with van der Waals surface area (Å²) in [5, 5.41) is 2.76. The van der Waals surface area contributed by atoms with Crippen molar-refractivity contribution < 1.29 is 14.3 Å². The highest BCUT2D eigenvalue weighted by Gasteiger charge is 2.37. The summed E-state index contributed by atoms with van der Waals surface area (Å²) in [6, 6.07) is 7.51. The number of nitrogens with one attached hydrogen (secondary N) is 1. The third-order valence-corrected chi connectivity index (χ3v) is 5.16. The summed E-state index contributed by atoms with van der Waals surface area (Å²) < 4.78 is 5.48. The zero-order chi connectivity index (χ0) is 16.9. The summed E-state index contributed by atoms with van der Waals surface area (Å²) in [5.41, 5.74) is 0.476. The quantitative estimate of drug-likeness (QED) is 0.903. The highest BCUT2D eigenvalue weighted by atomic mass is 16.5. The molecule has 0 bridgehead atoms. The molecular weight excluding hydrogens is 304 g/mol. The monoisotopic (exact) mass is 330 g/mol. The molecule has 1 aromatic carbocycles. The van der Waals surface area contributed by atoms with Gasteiger partial charge in [-0.15, -0.1) is 0 Å². The van der Waals surface area contributed by atoms with E-state index >= 15 is 0 Å². The lowest BCUT2D eigenvalue weighted by Gasteiger charge is -2.31. The predicted octanol–water partition coefficient (Wildman–Crippen LogP) is 2.61. The van der Waals surface area contributed by atoms with E-state index in [1.807, 2.05) is 17.9 Å². The topological polar surface area (TPSA) is 58.6 Å². The number of ether oxygens (including phenoxy) is 1. The predicted molar refractivity (Wildman–Crippen MR) is 92.0 cm³/mol. The number of likely N-dealkylation sites (tertiary alicyclic amines) is 1. The van der Waals surface area contributed by atoms with Gasteiger partial charge in [-0.2, -0.15) is 0 Å². The smallest absolute Gasteiger partial charge is 0.255 e. The zero-order valence-electron chi connectivity index (χ0n) is 14.3. The van der Waals surface area contributed by atoms with E-state index < -0.39 is 0 Å². The number of para-hydroxylation sites is 1. The first-order chi connectivity index (χ1) is 11.7. The van der Waals surface area contributed by atoms with Gasteiger partial charge in [-0.3, -0.25) is 9.59 Å². The third kappa shape index (κ3) is 3.55.